The van der Waals surface area contributed by atoms with Crippen LogP contribution in [-0.2, 0) is 0 Å². The molecule has 0 aliphatic rings. The summed E-state index contributed by atoms with van der Waals surface area (Å²) in [7, 11) is 0. The molecule has 4 heteroatoms. The topological polar surface area (TPSA) is 42.2 Å². The largest absolute Gasteiger partial charge is 0.466 e. The monoisotopic (exact) mass is 249 g/mol. The fourth-order valence-corrected chi connectivity index (χ4v) is 1.79. The van der Waals surface area contributed by atoms with E-state index in [1.54, 1.807) is 32.0 Å². The average Bonchev–Trinajstić information content (AvgIpc) is 2.61. The summed E-state index contributed by atoms with van der Waals surface area (Å²) >= 11 is 5.96. The molecule has 1 N–H and O–H groups in total. The van der Waals surface area contributed by atoms with Crippen molar-refractivity contribution in [2.75, 3.05) is 5.32 Å². The summed E-state index contributed by atoms with van der Waals surface area (Å²) in [6.45, 7) is 3.56. The predicted molar refractivity (Wildman–Crippen MR) is 67.6 cm³/mol. The van der Waals surface area contributed by atoms with Crippen LogP contribution in [0.15, 0.2) is 34.7 Å². The molecule has 2 rings (SSSR count). The van der Waals surface area contributed by atoms with Gasteiger partial charge in [0, 0.05) is 0 Å². The number of hydrogen-bond acceptors (Lipinski definition) is 2. The number of rotatable bonds is 2. The molecule has 1 aromatic carbocycles. The van der Waals surface area contributed by atoms with E-state index in [4.69, 9.17) is 16.0 Å². The van der Waals surface area contributed by atoms with Gasteiger partial charge in [0.1, 0.15) is 11.5 Å². The molecule has 3 nitrogen and oxygen atoms in total. The smallest absolute Gasteiger partial charge is 0.259 e. The van der Waals surface area contributed by atoms with Crippen LogP contribution in [0.25, 0.3) is 0 Å². The second-order valence-corrected chi connectivity index (χ2v) is 4.17. The predicted octanol–water partition coefficient (Wildman–Crippen LogP) is 3.80. The molecule has 0 unspecified atom stereocenters. The molecular weight excluding hydrogens is 238 g/mol. The number of para-hydroxylation sites is 1. The van der Waals surface area contributed by atoms with E-state index in [0.29, 0.717) is 27.8 Å². The zero-order valence-electron chi connectivity index (χ0n) is 9.58. The van der Waals surface area contributed by atoms with Gasteiger partial charge in [0.05, 0.1) is 16.3 Å². The molecule has 0 aliphatic carbocycles. The van der Waals surface area contributed by atoms with Crippen LogP contribution in [0.5, 0.6) is 0 Å². The maximum atomic E-state index is 12.0. The zero-order valence-corrected chi connectivity index (χ0v) is 10.3. The van der Waals surface area contributed by atoms with Crippen LogP contribution in [0.3, 0.4) is 0 Å². The summed E-state index contributed by atoms with van der Waals surface area (Å²) < 4.78 is 5.31. The van der Waals surface area contributed by atoms with Crippen molar-refractivity contribution in [1.29, 1.82) is 0 Å². The third-order valence-corrected chi connectivity index (χ3v) is 2.74. The molecule has 0 spiro atoms. The van der Waals surface area contributed by atoms with Crippen molar-refractivity contribution in [3.8, 4) is 0 Å². The van der Waals surface area contributed by atoms with E-state index in [9.17, 15) is 4.79 Å². The summed E-state index contributed by atoms with van der Waals surface area (Å²) in [4.78, 5) is 12.0. The minimum atomic E-state index is -0.215. The summed E-state index contributed by atoms with van der Waals surface area (Å²) in [5, 5.41) is 3.26. The highest BCUT2D eigenvalue weighted by atomic mass is 35.5. The van der Waals surface area contributed by atoms with Crippen LogP contribution < -0.4 is 5.32 Å². The Kier molecular flexibility index (Phi) is 3.20. The minimum Gasteiger partial charge on any atom is -0.466 e. The van der Waals surface area contributed by atoms with E-state index in [0.717, 1.165) is 0 Å². The Hall–Kier alpha value is -1.74. The Morgan fingerprint density at radius 2 is 2.00 bits per heavy atom. The Labute approximate surface area is 104 Å². The Balaban J connectivity index is 2.23. The van der Waals surface area contributed by atoms with Gasteiger partial charge in [0.15, 0.2) is 0 Å². The molecular formula is C13H12ClNO2. The lowest BCUT2D eigenvalue weighted by molar-refractivity contribution is 0.102. The summed E-state index contributed by atoms with van der Waals surface area (Å²) in [6.07, 6.45) is 0. The van der Waals surface area contributed by atoms with Crippen LogP contribution in [0.2, 0.25) is 5.02 Å². The number of amides is 1. The number of carbonyl (C=O) groups excluding carboxylic acids is 1. The van der Waals surface area contributed by atoms with E-state index >= 15 is 0 Å². The summed E-state index contributed by atoms with van der Waals surface area (Å²) in [5.74, 6) is 1.10. The molecule has 1 heterocycles. The standard InChI is InChI=1S/C13H12ClNO2/c1-8-7-10(9(2)17-8)13(16)15-12-6-4-3-5-11(12)14/h3-7H,1-2H3,(H,15,16). The summed E-state index contributed by atoms with van der Waals surface area (Å²) in [6, 6.07) is 8.81. The number of nitrogens with one attached hydrogen (secondary N) is 1. The van der Waals surface area contributed by atoms with Crippen molar-refractivity contribution >= 4 is 23.2 Å². The average molecular weight is 250 g/mol. The van der Waals surface area contributed by atoms with Crippen LogP contribution in [0.4, 0.5) is 5.69 Å². The number of furan rings is 1. The Morgan fingerprint density at radius 1 is 1.29 bits per heavy atom. The molecule has 0 saturated carbocycles. The van der Waals surface area contributed by atoms with E-state index in [2.05, 4.69) is 5.32 Å². The highest BCUT2D eigenvalue weighted by molar-refractivity contribution is 6.33. The van der Waals surface area contributed by atoms with Crippen LogP contribution in [0, 0.1) is 13.8 Å². The Bertz CT molecular complexity index is 560. The fourth-order valence-electron chi connectivity index (χ4n) is 1.61. The first-order valence-electron chi connectivity index (χ1n) is 5.21. The molecule has 17 heavy (non-hydrogen) atoms. The molecule has 0 atom stereocenters. The lowest BCUT2D eigenvalue weighted by Gasteiger charge is -2.05. The molecule has 0 aliphatic heterocycles. The van der Waals surface area contributed by atoms with Crippen LogP contribution in [-0.4, -0.2) is 5.91 Å². The maximum Gasteiger partial charge on any atom is 0.259 e. The van der Waals surface area contributed by atoms with Crippen LogP contribution in [0.1, 0.15) is 21.9 Å². The number of halogens is 1. The van der Waals surface area contributed by atoms with Crippen molar-refractivity contribution in [2.45, 2.75) is 13.8 Å². The van der Waals surface area contributed by atoms with Crippen LogP contribution >= 0.6 is 11.6 Å². The zero-order chi connectivity index (χ0) is 12.4. The first kappa shape index (κ1) is 11.7. The quantitative estimate of drug-likeness (QED) is 0.880. The second kappa shape index (κ2) is 4.63. The van der Waals surface area contributed by atoms with Gasteiger partial charge in [-0.3, -0.25) is 4.79 Å². The molecule has 0 radical (unpaired) electrons. The third-order valence-electron chi connectivity index (χ3n) is 2.41. The van der Waals surface area contributed by atoms with Gasteiger partial charge < -0.3 is 9.73 Å². The fraction of sp³-hybridized carbons (Fsp3) is 0.154. The van der Waals surface area contributed by atoms with Gasteiger partial charge >= 0.3 is 0 Å². The highest BCUT2D eigenvalue weighted by Gasteiger charge is 2.14. The summed E-state index contributed by atoms with van der Waals surface area (Å²) in [5.41, 5.74) is 1.12. The molecule has 2 aromatic rings. The van der Waals surface area contributed by atoms with Crippen molar-refractivity contribution in [3.63, 3.8) is 0 Å². The molecule has 1 aromatic heterocycles. The SMILES string of the molecule is Cc1cc(C(=O)Nc2ccccc2Cl)c(C)o1. The number of benzene rings is 1. The van der Waals surface area contributed by atoms with E-state index in [1.165, 1.54) is 0 Å². The van der Waals surface area contributed by atoms with Gasteiger partial charge in [-0.1, -0.05) is 23.7 Å². The first-order valence-corrected chi connectivity index (χ1v) is 5.58. The normalized spacial score (nSPS) is 10.3. The van der Waals surface area contributed by atoms with Gasteiger partial charge in [-0.2, -0.15) is 0 Å². The molecule has 0 fully saturated rings. The lowest BCUT2D eigenvalue weighted by atomic mass is 10.2. The Morgan fingerprint density at radius 3 is 2.59 bits per heavy atom. The van der Waals surface area contributed by atoms with E-state index in [-0.39, 0.29) is 5.91 Å². The lowest BCUT2D eigenvalue weighted by Crippen LogP contribution is -2.12. The van der Waals surface area contributed by atoms with E-state index < -0.39 is 0 Å². The van der Waals surface area contributed by atoms with Crippen molar-refractivity contribution in [2.24, 2.45) is 0 Å². The van der Waals surface area contributed by atoms with Gasteiger partial charge in [-0.05, 0) is 32.0 Å². The maximum absolute atomic E-state index is 12.0. The van der Waals surface area contributed by atoms with E-state index in [1.807, 2.05) is 12.1 Å². The molecule has 0 bridgehead atoms. The number of aryl methyl sites for hydroxylation is 2. The van der Waals surface area contributed by atoms with Gasteiger partial charge in [0.2, 0.25) is 0 Å². The van der Waals surface area contributed by atoms with Crippen molar-refractivity contribution in [1.82, 2.24) is 0 Å². The number of hydrogen-bond donors (Lipinski definition) is 1. The van der Waals surface area contributed by atoms with Crippen molar-refractivity contribution in [3.05, 3.63) is 52.4 Å². The second-order valence-electron chi connectivity index (χ2n) is 3.76. The highest BCUT2D eigenvalue weighted by Crippen LogP contribution is 2.22. The van der Waals surface area contributed by atoms with Gasteiger partial charge in [-0.25, -0.2) is 0 Å². The van der Waals surface area contributed by atoms with Crippen molar-refractivity contribution < 1.29 is 9.21 Å². The molecule has 1 amide bonds. The molecule has 88 valence electrons. The number of anilines is 1. The number of carbonyl (C=O) groups is 1. The first-order chi connectivity index (χ1) is 8.08. The van der Waals surface area contributed by atoms with Gasteiger partial charge in [0.25, 0.3) is 5.91 Å². The molecule has 0 saturated heterocycles. The van der Waals surface area contributed by atoms with Gasteiger partial charge in [-0.15, -0.1) is 0 Å². The third kappa shape index (κ3) is 2.50. The minimum absolute atomic E-state index is 0.215.